The van der Waals surface area contributed by atoms with Crippen LogP contribution in [-0.4, -0.2) is 74.6 Å². The number of aliphatic hydroxyl groups is 1. The molecule has 9 heteroatoms. The van der Waals surface area contributed by atoms with Gasteiger partial charge in [0.1, 0.15) is 22.5 Å². The third-order valence-corrected chi connectivity index (χ3v) is 9.87. The molecule has 1 N–H and O–H groups in total. The summed E-state index contributed by atoms with van der Waals surface area (Å²) in [5.41, 5.74) is 1.66. The van der Waals surface area contributed by atoms with Gasteiger partial charge in [-0.25, -0.2) is 8.42 Å². The van der Waals surface area contributed by atoms with Gasteiger partial charge in [-0.1, -0.05) is 44.4 Å². The first-order valence-electron chi connectivity index (χ1n) is 13.5. The highest BCUT2D eigenvalue weighted by Gasteiger charge is 2.39. The summed E-state index contributed by atoms with van der Waals surface area (Å²) in [4.78, 5) is 15.0. The molecule has 0 spiro atoms. The van der Waals surface area contributed by atoms with Gasteiger partial charge in [0.2, 0.25) is 15.9 Å². The van der Waals surface area contributed by atoms with Gasteiger partial charge in [-0.3, -0.25) is 4.79 Å². The SMILES string of the molecule is COc1cccc(-c2ccc3c(c2)O[C@@H](CN(C)C(=O)C2CCCCC2)[C@H](C)CN([C@@H](C)CO)S3(=O)=O)c1. The van der Waals surface area contributed by atoms with Gasteiger partial charge in [0, 0.05) is 31.5 Å². The van der Waals surface area contributed by atoms with Crippen LogP contribution in [0.15, 0.2) is 47.4 Å². The second-order valence-corrected chi connectivity index (χ2v) is 12.5. The Morgan fingerprint density at radius 1 is 1.16 bits per heavy atom. The second kappa shape index (κ2) is 12.1. The number of hydrogen-bond donors (Lipinski definition) is 1. The number of benzene rings is 2. The zero-order chi connectivity index (χ0) is 27.4. The van der Waals surface area contributed by atoms with Gasteiger partial charge in [0.25, 0.3) is 0 Å². The van der Waals surface area contributed by atoms with Gasteiger partial charge < -0.3 is 19.5 Å². The number of hydrogen-bond acceptors (Lipinski definition) is 6. The third-order valence-electron chi connectivity index (χ3n) is 7.85. The van der Waals surface area contributed by atoms with E-state index in [2.05, 4.69) is 0 Å². The van der Waals surface area contributed by atoms with E-state index in [4.69, 9.17) is 9.47 Å². The Morgan fingerprint density at radius 2 is 1.87 bits per heavy atom. The van der Waals surface area contributed by atoms with Crippen LogP contribution in [0.25, 0.3) is 11.1 Å². The first kappa shape index (κ1) is 28.4. The van der Waals surface area contributed by atoms with Gasteiger partial charge in [0.15, 0.2) is 0 Å². The van der Waals surface area contributed by atoms with Gasteiger partial charge >= 0.3 is 0 Å². The van der Waals surface area contributed by atoms with Gasteiger partial charge in [-0.15, -0.1) is 0 Å². The van der Waals surface area contributed by atoms with E-state index in [0.717, 1.165) is 36.8 Å². The Kier molecular flexibility index (Phi) is 9.00. The predicted molar refractivity (Wildman–Crippen MR) is 147 cm³/mol. The van der Waals surface area contributed by atoms with Crippen LogP contribution in [0, 0.1) is 11.8 Å². The number of aliphatic hydroxyl groups excluding tert-OH is 1. The summed E-state index contributed by atoms with van der Waals surface area (Å²) in [7, 11) is -0.531. The molecule has 3 atom stereocenters. The lowest BCUT2D eigenvalue weighted by Crippen LogP contribution is -2.50. The van der Waals surface area contributed by atoms with Crippen molar-refractivity contribution in [3.05, 3.63) is 42.5 Å². The van der Waals surface area contributed by atoms with Crippen molar-refractivity contribution >= 4 is 15.9 Å². The molecule has 1 aliphatic heterocycles. The molecule has 1 saturated carbocycles. The highest BCUT2D eigenvalue weighted by atomic mass is 32.2. The van der Waals surface area contributed by atoms with Crippen LogP contribution in [0.2, 0.25) is 0 Å². The molecule has 0 saturated heterocycles. The molecule has 1 aliphatic carbocycles. The summed E-state index contributed by atoms with van der Waals surface area (Å²) in [6.45, 7) is 3.87. The maximum Gasteiger partial charge on any atom is 0.247 e. The lowest BCUT2D eigenvalue weighted by molar-refractivity contribution is -0.136. The zero-order valence-corrected chi connectivity index (χ0v) is 23.6. The third kappa shape index (κ3) is 6.00. The largest absolute Gasteiger partial charge is 0.497 e. The number of carbonyl (C=O) groups excluding carboxylic acids is 1. The smallest absolute Gasteiger partial charge is 0.247 e. The van der Waals surface area contributed by atoms with Crippen LogP contribution in [0.1, 0.15) is 46.0 Å². The van der Waals surface area contributed by atoms with E-state index < -0.39 is 22.2 Å². The van der Waals surface area contributed by atoms with Crippen LogP contribution in [0.3, 0.4) is 0 Å². The Hall–Kier alpha value is -2.62. The van der Waals surface area contributed by atoms with Crippen LogP contribution in [-0.2, 0) is 14.8 Å². The average Bonchev–Trinajstić information content (AvgIpc) is 2.94. The molecule has 0 radical (unpaired) electrons. The van der Waals surface area contributed by atoms with E-state index in [9.17, 15) is 18.3 Å². The lowest BCUT2D eigenvalue weighted by atomic mass is 9.88. The molecule has 2 aromatic carbocycles. The number of fused-ring (bicyclic) bond motifs is 1. The summed E-state index contributed by atoms with van der Waals surface area (Å²) in [5.74, 6) is 0.876. The summed E-state index contributed by atoms with van der Waals surface area (Å²) in [6.07, 6.45) is 4.72. The molecule has 1 heterocycles. The second-order valence-electron chi connectivity index (χ2n) is 10.7. The minimum Gasteiger partial charge on any atom is -0.497 e. The molecule has 0 aromatic heterocycles. The van der Waals surface area contributed by atoms with Crippen molar-refractivity contribution in [1.82, 2.24) is 9.21 Å². The van der Waals surface area contributed by atoms with Crippen molar-refractivity contribution in [2.24, 2.45) is 11.8 Å². The number of nitrogens with zero attached hydrogens (tertiary/aromatic N) is 2. The first-order valence-corrected chi connectivity index (χ1v) is 14.9. The van der Waals surface area contributed by atoms with E-state index >= 15 is 0 Å². The summed E-state index contributed by atoms with van der Waals surface area (Å²) < 4.78 is 40.7. The molecule has 0 unspecified atom stereocenters. The quantitative estimate of drug-likeness (QED) is 0.562. The van der Waals surface area contributed by atoms with Crippen molar-refractivity contribution in [2.45, 2.75) is 63.0 Å². The molecule has 2 aliphatic rings. The fourth-order valence-corrected chi connectivity index (χ4v) is 7.27. The van der Waals surface area contributed by atoms with Crippen molar-refractivity contribution in [1.29, 1.82) is 0 Å². The van der Waals surface area contributed by atoms with E-state index in [0.29, 0.717) is 12.3 Å². The molecule has 1 fully saturated rings. The fraction of sp³-hybridized carbons (Fsp3) is 0.552. The summed E-state index contributed by atoms with van der Waals surface area (Å²) in [5, 5.41) is 9.88. The minimum atomic E-state index is -3.94. The number of rotatable bonds is 7. The minimum absolute atomic E-state index is 0.0378. The van der Waals surface area contributed by atoms with Gasteiger partial charge in [-0.2, -0.15) is 4.31 Å². The summed E-state index contributed by atoms with van der Waals surface area (Å²) in [6, 6.07) is 12.0. The normalized spacial score (nSPS) is 22.9. The number of carbonyl (C=O) groups is 1. The molecule has 4 rings (SSSR count). The summed E-state index contributed by atoms with van der Waals surface area (Å²) >= 11 is 0. The molecule has 0 bridgehead atoms. The molecular formula is C29H40N2O6S. The van der Waals surface area contributed by atoms with Crippen molar-refractivity contribution in [2.75, 3.05) is 33.9 Å². The maximum absolute atomic E-state index is 13.8. The highest BCUT2D eigenvalue weighted by Crippen LogP contribution is 2.37. The van der Waals surface area contributed by atoms with Crippen molar-refractivity contribution in [3.63, 3.8) is 0 Å². The average molecular weight is 545 g/mol. The molecule has 8 nitrogen and oxygen atoms in total. The van der Waals surface area contributed by atoms with E-state index in [1.807, 2.05) is 38.2 Å². The molecule has 38 heavy (non-hydrogen) atoms. The van der Waals surface area contributed by atoms with Crippen LogP contribution >= 0.6 is 0 Å². The molecule has 208 valence electrons. The van der Waals surface area contributed by atoms with Crippen molar-refractivity contribution in [3.8, 4) is 22.6 Å². The molecular weight excluding hydrogens is 504 g/mol. The Morgan fingerprint density at radius 3 is 2.55 bits per heavy atom. The molecule has 2 aromatic rings. The standard InChI is InChI=1S/C29H40N2O6S/c1-20-17-31(21(2)19-32)38(34,35)28-14-13-24(23-11-8-12-25(15-23)36-4)16-26(28)37-27(20)18-30(3)29(33)22-9-6-5-7-10-22/h8,11-16,20-22,27,32H,5-7,9-10,17-19H2,1-4H3/t20-,21+,27+/m1/s1. The highest BCUT2D eigenvalue weighted by molar-refractivity contribution is 7.89. The van der Waals surface area contributed by atoms with Crippen LogP contribution < -0.4 is 9.47 Å². The number of sulfonamides is 1. The number of amides is 1. The Balaban J connectivity index is 1.72. The van der Waals surface area contributed by atoms with E-state index in [-0.39, 0.29) is 41.5 Å². The predicted octanol–water partition coefficient (Wildman–Crippen LogP) is 4.17. The fourth-order valence-electron chi connectivity index (χ4n) is 5.45. The van der Waals surface area contributed by atoms with Crippen LogP contribution in [0.5, 0.6) is 11.5 Å². The zero-order valence-electron chi connectivity index (χ0n) is 22.8. The number of ether oxygens (including phenoxy) is 2. The first-order chi connectivity index (χ1) is 18.1. The Bertz CT molecular complexity index is 1230. The van der Waals surface area contributed by atoms with E-state index in [1.165, 1.54) is 10.7 Å². The van der Waals surface area contributed by atoms with Crippen molar-refractivity contribution < 1.29 is 27.8 Å². The maximum atomic E-state index is 13.8. The van der Waals surface area contributed by atoms with Gasteiger partial charge in [-0.05, 0) is 55.2 Å². The lowest BCUT2D eigenvalue weighted by Gasteiger charge is -2.38. The monoisotopic (exact) mass is 544 g/mol. The Labute approximate surface area is 226 Å². The number of methoxy groups -OCH3 is 1. The van der Waals surface area contributed by atoms with Gasteiger partial charge in [0.05, 0.1) is 20.3 Å². The topological polar surface area (TPSA) is 96.4 Å². The number of likely N-dealkylation sites (N-methyl/N-ethyl adjacent to an activating group) is 1. The van der Waals surface area contributed by atoms with E-state index in [1.54, 1.807) is 37.1 Å². The van der Waals surface area contributed by atoms with Crippen LogP contribution in [0.4, 0.5) is 0 Å². The molecule has 1 amide bonds.